The first-order valence-electron chi connectivity index (χ1n) is 7.01. The lowest BCUT2D eigenvalue weighted by Crippen LogP contribution is -2.32. The Balaban J connectivity index is 2.32. The van der Waals surface area contributed by atoms with E-state index in [9.17, 15) is 9.90 Å². The molecule has 1 aromatic heterocycles. The maximum atomic E-state index is 11.3. The van der Waals surface area contributed by atoms with Crippen LogP contribution in [0.5, 0.6) is 0 Å². The molecule has 0 saturated heterocycles. The fourth-order valence-electron chi connectivity index (χ4n) is 2.53. The van der Waals surface area contributed by atoms with E-state index in [-0.39, 0.29) is 5.76 Å². The van der Waals surface area contributed by atoms with Crippen molar-refractivity contribution in [1.82, 2.24) is 5.32 Å². The summed E-state index contributed by atoms with van der Waals surface area (Å²) in [7, 11) is 0. The Hall–Kier alpha value is -1.81. The molecule has 0 aliphatic heterocycles. The third-order valence-electron chi connectivity index (χ3n) is 3.68. The van der Waals surface area contributed by atoms with Crippen LogP contribution in [-0.2, 0) is 6.54 Å². The van der Waals surface area contributed by atoms with Crippen LogP contribution in [0.25, 0.3) is 11.0 Å². The number of aromatic carboxylic acids is 1. The number of benzene rings is 1. The highest BCUT2D eigenvalue weighted by Crippen LogP contribution is 2.26. The smallest absolute Gasteiger partial charge is 0.372 e. The zero-order valence-corrected chi connectivity index (χ0v) is 12.1. The summed E-state index contributed by atoms with van der Waals surface area (Å²) >= 11 is 0. The summed E-state index contributed by atoms with van der Waals surface area (Å²) in [6.45, 7) is 6.96. The van der Waals surface area contributed by atoms with Gasteiger partial charge in [0.1, 0.15) is 5.58 Å². The van der Waals surface area contributed by atoms with E-state index in [1.807, 2.05) is 18.2 Å². The van der Waals surface area contributed by atoms with Crippen LogP contribution < -0.4 is 5.32 Å². The number of carboxylic acid groups (broad SMARTS) is 1. The van der Waals surface area contributed by atoms with Gasteiger partial charge in [0.25, 0.3) is 0 Å². The molecule has 20 heavy (non-hydrogen) atoms. The minimum Gasteiger partial charge on any atom is -0.475 e. The van der Waals surface area contributed by atoms with Gasteiger partial charge in [0.2, 0.25) is 5.76 Å². The molecule has 1 atom stereocenters. The first kappa shape index (κ1) is 14.6. The molecule has 0 radical (unpaired) electrons. The molecule has 2 aromatic rings. The van der Waals surface area contributed by atoms with Crippen molar-refractivity contribution in [3.05, 3.63) is 35.6 Å². The van der Waals surface area contributed by atoms with Gasteiger partial charge in [-0.15, -0.1) is 0 Å². The molecule has 0 bridgehead atoms. The summed E-state index contributed by atoms with van der Waals surface area (Å²) in [6, 6.07) is 7.80. The first-order valence-corrected chi connectivity index (χ1v) is 7.01. The van der Waals surface area contributed by atoms with Gasteiger partial charge in [0.15, 0.2) is 0 Å². The lowest BCUT2D eigenvalue weighted by Gasteiger charge is -2.20. The average molecular weight is 275 g/mol. The van der Waals surface area contributed by atoms with Gasteiger partial charge in [0, 0.05) is 23.5 Å². The van der Waals surface area contributed by atoms with Gasteiger partial charge in [-0.1, -0.05) is 39.0 Å². The second kappa shape index (κ2) is 6.09. The van der Waals surface area contributed by atoms with E-state index in [1.54, 1.807) is 6.07 Å². The van der Waals surface area contributed by atoms with E-state index in [1.165, 1.54) is 0 Å². The third kappa shape index (κ3) is 2.85. The largest absolute Gasteiger partial charge is 0.475 e. The minimum atomic E-state index is -1.02. The van der Waals surface area contributed by atoms with E-state index in [4.69, 9.17) is 4.42 Å². The molecule has 1 unspecified atom stereocenters. The maximum Gasteiger partial charge on any atom is 0.372 e. The quantitative estimate of drug-likeness (QED) is 0.844. The number of nitrogens with one attached hydrogen (secondary N) is 1. The van der Waals surface area contributed by atoms with Gasteiger partial charge in [0.05, 0.1) is 0 Å². The number of hydrogen-bond donors (Lipinski definition) is 2. The van der Waals surface area contributed by atoms with Crippen molar-refractivity contribution in [3.63, 3.8) is 0 Å². The molecular formula is C16H21NO3. The summed E-state index contributed by atoms with van der Waals surface area (Å²) in [4.78, 5) is 11.3. The Morgan fingerprint density at radius 3 is 2.65 bits per heavy atom. The number of hydrogen-bond acceptors (Lipinski definition) is 3. The van der Waals surface area contributed by atoms with E-state index in [2.05, 4.69) is 26.1 Å². The van der Waals surface area contributed by atoms with Crippen LogP contribution in [-0.4, -0.2) is 17.1 Å². The SMILES string of the molecule is CCC(NCc1c(C(=O)O)oc2ccccc12)C(C)C. The zero-order valence-electron chi connectivity index (χ0n) is 12.1. The molecule has 0 amide bonds. The number of furan rings is 1. The van der Waals surface area contributed by atoms with Gasteiger partial charge < -0.3 is 14.8 Å². The highest BCUT2D eigenvalue weighted by molar-refractivity contribution is 5.95. The van der Waals surface area contributed by atoms with Gasteiger partial charge in [-0.25, -0.2) is 4.79 Å². The van der Waals surface area contributed by atoms with Crippen LogP contribution in [0, 0.1) is 5.92 Å². The van der Waals surface area contributed by atoms with Crippen LogP contribution in [0.4, 0.5) is 0 Å². The van der Waals surface area contributed by atoms with Crippen molar-refractivity contribution in [2.24, 2.45) is 5.92 Å². The van der Waals surface area contributed by atoms with Crippen LogP contribution in [0.3, 0.4) is 0 Å². The summed E-state index contributed by atoms with van der Waals surface area (Å²) < 4.78 is 5.45. The van der Waals surface area contributed by atoms with Gasteiger partial charge in [-0.05, 0) is 18.4 Å². The Bertz CT molecular complexity index is 601. The molecule has 108 valence electrons. The number of carbonyl (C=O) groups is 1. The summed E-state index contributed by atoms with van der Waals surface area (Å²) in [5, 5.41) is 13.6. The van der Waals surface area contributed by atoms with Crippen LogP contribution >= 0.6 is 0 Å². The normalized spacial score (nSPS) is 13.0. The Morgan fingerprint density at radius 2 is 2.05 bits per heavy atom. The highest BCUT2D eigenvalue weighted by Gasteiger charge is 2.20. The van der Waals surface area contributed by atoms with Crippen molar-refractivity contribution >= 4 is 16.9 Å². The zero-order chi connectivity index (χ0) is 14.7. The number of fused-ring (bicyclic) bond motifs is 1. The molecule has 0 fully saturated rings. The van der Waals surface area contributed by atoms with Crippen LogP contribution in [0.15, 0.2) is 28.7 Å². The molecule has 1 aromatic carbocycles. The van der Waals surface area contributed by atoms with E-state index in [0.717, 1.165) is 17.4 Å². The van der Waals surface area contributed by atoms with Crippen molar-refractivity contribution in [2.45, 2.75) is 39.8 Å². The molecule has 0 saturated carbocycles. The molecule has 2 rings (SSSR count). The molecule has 1 heterocycles. The van der Waals surface area contributed by atoms with Crippen molar-refractivity contribution in [3.8, 4) is 0 Å². The highest BCUT2D eigenvalue weighted by atomic mass is 16.4. The minimum absolute atomic E-state index is 0.0392. The molecule has 0 spiro atoms. The summed E-state index contributed by atoms with van der Waals surface area (Å²) in [5.41, 5.74) is 1.35. The fourth-order valence-corrected chi connectivity index (χ4v) is 2.53. The van der Waals surface area contributed by atoms with E-state index in [0.29, 0.717) is 24.1 Å². The predicted molar refractivity (Wildman–Crippen MR) is 78.9 cm³/mol. The third-order valence-corrected chi connectivity index (χ3v) is 3.68. The van der Waals surface area contributed by atoms with Crippen LogP contribution in [0.1, 0.15) is 43.3 Å². The van der Waals surface area contributed by atoms with Crippen molar-refractivity contribution in [2.75, 3.05) is 0 Å². The first-order chi connectivity index (χ1) is 9.54. The Labute approximate surface area is 118 Å². The average Bonchev–Trinajstić information content (AvgIpc) is 2.78. The van der Waals surface area contributed by atoms with Gasteiger partial charge in [-0.3, -0.25) is 0 Å². The standard InChI is InChI=1S/C16H21NO3/c1-4-13(10(2)3)17-9-12-11-7-5-6-8-14(11)20-15(12)16(18)19/h5-8,10,13,17H,4,9H2,1-3H3,(H,18,19). The topological polar surface area (TPSA) is 62.5 Å². The molecule has 4 nitrogen and oxygen atoms in total. The van der Waals surface area contributed by atoms with Crippen LogP contribution in [0.2, 0.25) is 0 Å². The second-order valence-electron chi connectivity index (χ2n) is 5.35. The molecule has 0 aliphatic rings. The fraction of sp³-hybridized carbons (Fsp3) is 0.438. The number of rotatable bonds is 6. The number of carboxylic acids is 1. The number of para-hydroxylation sites is 1. The lowest BCUT2D eigenvalue weighted by molar-refractivity contribution is 0.0663. The Morgan fingerprint density at radius 1 is 1.35 bits per heavy atom. The van der Waals surface area contributed by atoms with E-state index >= 15 is 0 Å². The summed E-state index contributed by atoms with van der Waals surface area (Å²) in [6.07, 6.45) is 1.01. The maximum absolute atomic E-state index is 11.3. The molecule has 0 aliphatic carbocycles. The predicted octanol–water partition coefficient (Wildman–Crippen LogP) is 3.66. The Kier molecular flexibility index (Phi) is 4.45. The second-order valence-corrected chi connectivity index (χ2v) is 5.35. The monoisotopic (exact) mass is 275 g/mol. The molecular weight excluding hydrogens is 254 g/mol. The lowest BCUT2D eigenvalue weighted by atomic mass is 10.0. The van der Waals surface area contributed by atoms with Gasteiger partial charge in [-0.2, -0.15) is 0 Å². The van der Waals surface area contributed by atoms with Gasteiger partial charge >= 0.3 is 5.97 Å². The molecule has 4 heteroatoms. The van der Waals surface area contributed by atoms with E-state index < -0.39 is 5.97 Å². The van der Waals surface area contributed by atoms with Crippen molar-refractivity contribution < 1.29 is 14.3 Å². The summed E-state index contributed by atoms with van der Waals surface area (Å²) in [5.74, 6) is -0.473. The van der Waals surface area contributed by atoms with Crippen molar-refractivity contribution in [1.29, 1.82) is 0 Å². The molecule has 2 N–H and O–H groups in total.